The number of nitrogens with one attached hydrogen (secondary N) is 2. The highest BCUT2D eigenvalue weighted by Crippen LogP contribution is 2.22. The smallest absolute Gasteiger partial charge is 0.245 e. The van der Waals surface area contributed by atoms with Gasteiger partial charge in [0.25, 0.3) is 0 Å². The quantitative estimate of drug-likeness (QED) is 0.597. The Balaban J connectivity index is 1.41. The summed E-state index contributed by atoms with van der Waals surface area (Å²) in [5.74, 6) is -0.662. The van der Waals surface area contributed by atoms with Gasteiger partial charge in [-0.3, -0.25) is 14.5 Å². The number of fused-ring (bicyclic) bond motifs is 1. The molecule has 1 aliphatic rings. The van der Waals surface area contributed by atoms with Crippen LogP contribution in [0.25, 0.3) is 10.9 Å². The molecule has 1 aromatic heterocycles. The molecule has 2 amide bonds. The van der Waals surface area contributed by atoms with Gasteiger partial charge in [-0.25, -0.2) is 4.39 Å². The summed E-state index contributed by atoms with van der Waals surface area (Å²) >= 11 is 6.15. The fourth-order valence-corrected chi connectivity index (χ4v) is 4.44. The first-order chi connectivity index (χ1) is 15.4. The number of nitrogens with zero attached hydrogens (tertiary/aromatic N) is 2. The lowest BCUT2D eigenvalue weighted by Crippen LogP contribution is -2.55. The third kappa shape index (κ3) is 4.95. The average molecular weight is 457 g/mol. The van der Waals surface area contributed by atoms with Crippen LogP contribution in [0.4, 0.5) is 4.39 Å². The molecule has 3 aromatic rings. The zero-order chi connectivity index (χ0) is 22.7. The van der Waals surface area contributed by atoms with E-state index in [0.29, 0.717) is 49.7 Å². The number of piperazine rings is 1. The molecule has 4 rings (SSSR count). The van der Waals surface area contributed by atoms with Crippen molar-refractivity contribution in [3.8, 4) is 0 Å². The predicted octanol–water partition coefficient (Wildman–Crippen LogP) is 3.35. The number of para-hydroxylation sites is 1. The lowest BCUT2D eigenvalue weighted by molar-refractivity contribution is -0.137. The minimum Gasteiger partial charge on any atom is -0.361 e. The van der Waals surface area contributed by atoms with Crippen LogP contribution in [0.5, 0.6) is 0 Å². The Labute approximate surface area is 191 Å². The van der Waals surface area contributed by atoms with Gasteiger partial charge in [-0.1, -0.05) is 35.9 Å². The Kier molecular flexibility index (Phi) is 6.77. The number of aromatic nitrogens is 1. The van der Waals surface area contributed by atoms with E-state index in [9.17, 15) is 14.0 Å². The van der Waals surface area contributed by atoms with Gasteiger partial charge in [0.1, 0.15) is 11.9 Å². The molecule has 0 spiro atoms. The number of benzene rings is 2. The highest BCUT2D eigenvalue weighted by atomic mass is 35.5. The molecule has 0 bridgehead atoms. The Hall–Kier alpha value is -2.90. The van der Waals surface area contributed by atoms with E-state index in [-0.39, 0.29) is 17.6 Å². The molecule has 6 nitrogen and oxygen atoms in total. The molecule has 1 aliphatic heterocycles. The van der Waals surface area contributed by atoms with Crippen molar-refractivity contribution in [2.45, 2.75) is 25.9 Å². The van der Waals surface area contributed by atoms with Crippen LogP contribution >= 0.6 is 11.6 Å². The first kappa shape index (κ1) is 22.3. The van der Waals surface area contributed by atoms with Crippen LogP contribution in [0.15, 0.2) is 48.7 Å². The van der Waals surface area contributed by atoms with E-state index in [0.717, 1.165) is 16.5 Å². The van der Waals surface area contributed by atoms with E-state index in [4.69, 9.17) is 11.6 Å². The maximum absolute atomic E-state index is 14.1. The molecular formula is C24H26ClFN4O2. The van der Waals surface area contributed by atoms with Gasteiger partial charge >= 0.3 is 0 Å². The van der Waals surface area contributed by atoms with Gasteiger partial charge in [-0.05, 0) is 23.8 Å². The van der Waals surface area contributed by atoms with E-state index >= 15 is 0 Å². The maximum Gasteiger partial charge on any atom is 0.245 e. The maximum atomic E-state index is 14.1. The van der Waals surface area contributed by atoms with Crippen LogP contribution in [0.1, 0.15) is 18.1 Å². The number of carbonyl (C=O) groups excluding carboxylic acids is 2. The molecule has 1 unspecified atom stereocenters. The van der Waals surface area contributed by atoms with E-state index in [1.54, 1.807) is 17.0 Å². The summed E-state index contributed by atoms with van der Waals surface area (Å²) < 4.78 is 14.1. The van der Waals surface area contributed by atoms with Crippen molar-refractivity contribution in [1.82, 2.24) is 20.1 Å². The number of aromatic amines is 1. The monoisotopic (exact) mass is 456 g/mol. The number of H-pyrrole nitrogens is 1. The van der Waals surface area contributed by atoms with Crippen molar-refractivity contribution in [3.63, 3.8) is 0 Å². The van der Waals surface area contributed by atoms with Crippen LogP contribution in [0, 0.1) is 5.82 Å². The Morgan fingerprint density at radius 3 is 2.59 bits per heavy atom. The lowest BCUT2D eigenvalue weighted by Gasteiger charge is -2.36. The first-order valence-electron chi connectivity index (χ1n) is 10.7. The molecule has 8 heteroatoms. The molecule has 2 heterocycles. The second-order valence-electron chi connectivity index (χ2n) is 8.12. The van der Waals surface area contributed by atoms with Gasteiger partial charge in [0.15, 0.2) is 0 Å². The summed E-state index contributed by atoms with van der Waals surface area (Å²) in [4.78, 5) is 32.2. The van der Waals surface area contributed by atoms with Crippen LogP contribution in [0.3, 0.4) is 0 Å². The van der Waals surface area contributed by atoms with Gasteiger partial charge in [-0.15, -0.1) is 0 Å². The fraction of sp³-hybridized carbons (Fsp3) is 0.333. The van der Waals surface area contributed by atoms with Gasteiger partial charge in [-0.2, -0.15) is 0 Å². The third-order valence-corrected chi connectivity index (χ3v) is 6.26. The molecular weight excluding hydrogens is 431 g/mol. The van der Waals surface area contributed by atoms with Gasteiger partial charge < -0.3 is 15.2 Å². The minimum atomic E-state index is -0.640. The molecule has 1 saturated heterocycles. The van der Waals surface area contributed by atoms with Crippen LogP contribution in [0.2, 0.25) is 5.02 Å². The number of amides is 2. The molecule has 1 fully saturated rings. The molecule has 2 N–H and O–H groups in total. The summed E-state index contributed by atoms with van der Waals surface area (Å²) in [6.07, 6.45) is 2.30. The normalized spacial score (nSPS) is 15.7. The highest BCUT2D eigenvalue weighted by molar-refractivity contribution is 6.31. The second kappa shape index (κ2) is 9.71. The average Bonchev–Trinajstić information content (AvgIpc) is 3.18. The van der Waals surface area contributed by atoms with Crippen LogP contribution < -0.4 is 5.32 Å². The summed E-state index contributed by atoms with van der Waals surface area (Å²) in [5.41, 5.74) is 2.46. The van der Waals surface area contributed by atoms with Gasteiger partial charge in [0.05, 0.1) is 0 Å². The van der Waals surface area contributed by atoms with E-state index < -0.39 is 6.04 Å². The topological polar surface area (TPSA) is 68.4 Å². The fourth-order valence-electron chi connectivity index (χ4n) is 4.22. The molecule has 0 aliphatic carbocycles. The predicted molar refractivity (Wildman–Crippen MR) is 123 cm³/mol. The molecule has 0 radical (unpaired) electrons. The van der Waals surface area contributed by atoms with Crippen LogP contribution in [-0.4, -0.2) is 58.8 Å². The van der Waals surface area contributed by atoms with Crippen molar-refractivity contribution in [2.75, 3.05) is 26.2 Å². The first-order valence-corrected chi connectivity index (χ1v) is 11.1. The number of rotatable bonds is 6. The Bertz CT molecular complexity index is 1100. The second-order valence-corrected chi connectivity index (χ2v) is 8.53. The van der Waals surface area contributed by atoms with Gasteiger partial charge in [0, 0.05) is 73.8 Å². The standard InChI is InChI=1S/C24H26ClFN4O2/c1-16(31)28-23(13-17-14-27-22-8-3-2-5-18(17)22)24(32)30-11-9-29(10-12-30)15-19-20(25)6-4-7-21(19)26/h2-8,14,23,27H,9-13,15H2,1H3,(H,28,31). The number of carbonyl (C=O) groups is 2. The van der Waals surface area contributed by atoms with E-state index in [1.807, 2.05) is 30.5 Å². The van der Waals surface area contributed by atoms with Gasteiger partial charge in [0.2, 0.25) is 11.8 Å². The molecule has 2 aromatic carbocycles. The number of hydrogen-bond acceptors (Lipinski definition) is 3. The zero-order valence-corrected chi connectivity index (χ0v) is 18.7. The van der Waals surface area contributed by atoms with Crippen LogP contribution in [-0.2, 0) is 22.6 Å². The van der Waals surface area contributed by atoms with Crippen molar-refractivity contribution < 1.29 is 14.0 Å². The molecule has 32 heavy (non-hydrogen) atoms. The lowest BCUT2D eigenvalue weighted by atomic mass is 10.0. The third-order valence-electron chi connectivity index (χ3n) is 5.90. The van der Waals surface area contributed by atoms with E-state index in [1.165, 1.54) is 13.0 Å². The zero-order valence-electron chi connectivity index (χ0n) is 17.9. The Morgan fingerprint density at radius 1 is 1.12 bits per heavy atom. The minimum absolute atomic E-state index is 0.103. The Morgan fingerprint density at radius 2 is 1.88 bits per heavy atom. The summed E-state index contributed by atoms with van der Waals surface area (Å²) in [6.45, 7) is 4.06. The van der Waals surface area contributed by atoms with Crippen molar-refractivity contribution >= 4 is 34.3 Å². The molecule has 1 atom stereocenters. The molecule has 0 saturated carbocycles. The highest BCUT2D eigenvalue weighted by Gasteiger charge is 2.29. The van der Waals surface area contributed by atoms with E-state index in [2.05, 4.69) is 15.2 Å². The summed E-state index contributed by atoms with van der Waals surface area (Å²) in [7, 11) is 0. The van der Waals surface area contributed by atoms with Crippen molar-refractivity contribution in [3.05, 3.63) is 70.6 Å². The number of halogens is 2. The van der Waals surface area contributed by atoms with Crippen molar-refractivity contribution in [1.29, 1.82) is 0 Å². The van der Waals surface area contributed by atoms with Crippen molar-refractivity contribution in [2.24, 2.45) is 0 Å². The summed E-state index contributed by atoms with van der Waals surface area (Å²) in [5, 5.41) is 4.28. The SMILES string of the molecule is CC(=O)NC(Cc1c[nH]c2ccccc12)C(=O)N1CCN(Cc2c(F)cccc2Cl)CC1. The molecule has 168 valence electrons. The largest absolute Gasteiger partial charge is 0.361 e. The number of hydrogen-bond donors (Lipinski definition) is 2. The summed E-state index contributed by atoms with van der Waals surface area (Å²) in [6, 6.07) is 11.9.